The predicted molar refractivity (Wildman–Crippen MR) is 145 cm³/mol. The van der Waals surface area contributed by atoms with Crippen molar-refractivity contribution in [1.82, 2.24) is 9.79 Å². The highest BCUT2D eigenvalue weighted by Crippen LogP contribution is 2.36. The zero-order valence-electron chi connectivity index (χ0n) is 22.0. The van der Waals surface area contributed by atoms with Gasteiger partial charge in [-0.25, -0.2) is 18.3 Å². The van der Waals surface area contributed by atoms with Gasteiger partial charge in [-0.05, 0) is 50.5 Å². The molecule has 0 bridgehead atoms. The van der Waals surface area contributed by atoms with Crippen LogP contribution in [0.2, 0.25) is 0 Å². The van der Waals surface area contributed by atoms with E-state index in [4.69, 9.17) is 4.74 Å². The number of amides is 1. The molecule has 0 atom stereocenters. The predicted octanol–water partition coefficient (Wildman–Crippen LogP) is 3.31. The first-order valence-corrected chi connectivity index (χ1v) is 14.6. The molecule has 1 amide bonds. The van der Waals surface area contributed by atoms with Gasteiger partial charge in [0.25, 0.3) is 5.91 Å². The van der Waals surface area contributed by atoms with Crippen molar-refractivity contribution in [2.75, 3.05) is 55.7 Å². The van der Waals surface area contributed by atoms with Gasteiger partial charge in [-0.15, -0.1) is 0 Å². The third-order valence-electron chi connectivity index (χ3n) is 7.59. The van der Waals surface area contributed by atoms with Crippen LogP contribution < -0.4 is 20.0 Å². The lowest BCUT2D eigenvalue weighted by Gasteiger charge is -2.44. The molecule has 2 N–H and O–H groups in total. The fraction of sp³-hybridized carbons (Fsp3) is 0.519. The Kier molecular flexibility index (Phi) is 8.79. The van der Waals surface area contributed by atoms with Gasteiger partial charge >= 0.3 is 0 Å². The monoisotopic (exact) mass is 548 g/mol. The number of benzene rings is 2. The molecular weight excluding hydrogens is 511 g/mol. The molecule has 11 heteroatoms. The third-order valence-corrected chi connectivity index (χ3v) is 10.2. The van der Waals surface area contributed by atoms with E-state index in [9.17, 15) is 22.8 Å². The number of hydrogen-bond donors (Lipinski definition) is 2. The highest BCUT2D eigenvalue weighted by Gasteiger charge is 2.55. The summed E-state index contributed by atoms with van der Waals surface area (Å²) in [6.45, 7) is 6.22. The van der Waals surface area contributed by atoms with Crippen LogP contribution in [-0.4, -0.2) is 74.5 Å². The molecule has 2 aliphatic heterocycles. The van der Waals surface area contributed by atoms with Gasteiger partial charge in [-0.2, -0.15) is 4.31 Å². The zero-order valence-corrected chi connectivity index (χ0v) is 22.8. The Morgan fingerprint density at radius 1 is 1.00 bits per heavy atom. The molecule has 2 aromatic carbocycles. The number of unbranched alkanes of at least 4 members (excludes halogenated alkanes) is 1. The second kappa shape index (κ2) is 11.9. The van der Waals surface area contributed by atoms with Crippen molar-refractivity contribution in [1.29, 1.82) is 0 Å². The van der Waals surface area contributed by atoms with Gasteiger partial charge in [0.1, 0.15) is 0 Å². The van der Waals surface area contributed by atoms with Crippen molar-refractivity contribution >= 4 is 27.3 Å². The van der Waals surface area contributed by atoms with Crippen molar-refractivity contribution in [3.05, 3.63) is 53.8 Å². The second-order valence-electron chi connectivity index (χ2n) is 9.97. The molecule has 9 nitrogen and oxygen atoms in total. The van der Waals surface area contributed by atoms with E-state index in [1.54, 1.807) is 17.6 Å². The molecule has 0 spiro atoms. The Morgan fingerprint density at radius 2 is 1.61 bits per heavy atom. The summed E-state index contributed by atoms with van der Waals surface area (Å²) in [5.74, 6) is -1.14. The first-order valence-electron chi connectivity index (χ1n) is 13.1. The SMILES string of the molecule is CCCCOc1ccc(N2CCN(S(=O)(=O)C3(C(=O)NO)CCN(c4ccc(C)cc4)CC3)CC2)cc1F. The van der Waals surface area contributed by atoms with Crippen LogP contribution in [0.4, 0.5) is 15.8 Å². The van der Waals surface area contributed by atoms with E-state index in [1.165, 1.54) is 10.4 Å². The van der Waals surface area contributed by atoms with E-state index in [2.05, 4.69) is 4.90 Å². The minimum Gasteiger partial charge on any atom is -0.491 e. The molecule has 0 unspecified atom stereocenters. The molecule has 0 aromatic heterocycles. The van der Waals surface area contributed by atoms with Crippen LogP contribution in [-0.2, 0) is 14.8 Å². The number of piperazine rings is 1. The summed E-state index contributed by atoms with van der Waals surface area (Å²) in [7, 11) is -4.09. The largest absolute Gasteiger partial charge is 0.491 e. The van der Waals surface area contributed by atoms with E-state index >= 15 is 0 Å². The smallest absolute Gasteiger partial charge is 0.266 e. The van der Waals surface area contributed by atoms with Crippen LogP contribution in [0.1, 0.15) is 38.2 Å². The molecule has 0 aliphatic carbocycles. The summed E-state index contributed by atoms with van der Waals surface area (Å²) >= 11 is 0. The number of nitrogens with one attached hydrogen (secondary N) is 1. The highest BCUT2D eigenvalue weighted by atomic mass is 32.2. The fourth-order valence-corrected chi connectivity index (χ4v) is 7.27. The number of rotatable bonds is 9. The van der Waals surface area contributed by atoms with E-state index in [-0.39, 0.29) is 31.7 Å². The third kappa shape index (κ3) is 5.60. The fourth-order valence-electron chi connectivity index (χ4n) is 5.15. The molecule has 2 saturated heterocycles. The molecule has 2 aliphatic rings. The van der Waals surface area contributed by atoms with Gasteiger partial charge in [0, 0.05) is 56.7 Å². The maximum atomic E-state index is 14.6. The summed E-state index contributed by atoms with van der Waals surface area (Å²) < 4.78 is 47.3. The van der Waals surface area contributed by atoms with Crippen molar-refractivity contribution in [3.8, 4) is 5.75 Å². The van der Waals surface area contributed by atoms with Crippen LogP contribution in [0.3, 0.4) is 0 Å². The van der Waals surface area contributed by atoms with Gasteiger partial charge in [0.2, 0.25) is 10.0 Å². The molecule has 38 heavy (non-hydrogen) atoms. The van der Waals surface area contributed by atoms with Gasteiger partial charge in [-0.1, -0.05) is 31.0 Å². The number of anilines is 2. The maximum absolute atomic E-state index is 14.6. The number of aryl methyl sites for hydroxylation is 1. The van der Waals surface area contributed by atoms with Crippen LogP contribution in [0, 0.1) is 12.7 Å². The normalized spacial score (nSPS) is 18.3. The highest BCUT2D eigenvalue weighted by molar-refractivity contribution is 7.91. The molecule has 0 saturated carbocycles. The average molecular weight is 549 g/mol. The Morgan fingerprint density at radius 3 is 2.18 bits per heavy atom. The van der Waals surface area contributed by atoms with Crippen molar-refractivity contribution < 1.29 is 27.5 Å². The lowest BCUT2D eigenvalue weighted by Crippen LogP contribution is -2.63. The zero-order chi connectivity index (χ0) is 27.3. The number of hydrogen-bond acceptors (Lipinski definition) is 7. The number of piperidine rings is 1. The van der Waals surface area contributed by atoms with Crippen LogP contribution in [0.15, 0.2) is 42.5 Å². The first-order chi connectivity index (χ1) is 18.2. The Balaban J connectivity index is 1.44. The van der Waals surface area contributed by atoms with Gasteiger partial charge < -0.3 is 14.5 Å². The second-order valence-corrected chi connectivity index (χ2v) is 12.2. The number of carbonyl (C=O) groups excluding carboxylic acids is 1. The van der Waals surface area contributed by atoms with Crippen molar-refractivity contribution in [2.24, 2.45) is 0 Å². The van der Waals surface area contributed by atoms with Gasteiger partial charge in [0.05, 0.1) is 6.61 Å². The summed E-state index contributed by atoms with van der Waals surface area (Å²) in [6, 6.07) is 12.7. The Labute approximate surface area is 224 Å². The van der Waals surface area contributed by atoms with Crippen LogP contribution in [0.5, 0.6) is 5.75 Å². The average Bonchev–Trinajstić information content (AvgIpc) is 2.94. The number of hydroxylamine groups is 1. The minimum absolute atomic E-state index is 0.0561. The molecule has 2 heterocycles. The molecule has 2 fully saturated rings. The number of carbonyl (C=O) groups is 1. The molecule has 208 valence electrons. The summed E-state index contributed by atoms with van der Waals surface area (Å²) in [5, 5.41) is 9.48. The summed E-state index contributed by atoms with van der Waals surface area (Å²) in [4.78, 5) is 16.8. The van der Waals surface area contributed by atoms with Crippen molar-refractivity contribution in [2.45, 2.75) is 44.3 Å². The first kappa shape index (κ1) is 28.1. The Hall–Kier alpha value is -2.89. The lowest BCUT2D eigenvalue weighted by molar-refractivity contribution is -0.132. The van der Waals surface area contributed by atoms with E-state index in [0.29, 0.717) is 38.5 Å². The molecule has 2 aromatic rings. The maximum Gasteiger partial charge on any atom is 0.266 e. The number of nitrogens with zero attached hydrogens (tertiary/aromatic N) is 3. The van der Waals surface area contributed by atoms with Gasteiger partial charge in [-0.3, -0.25) is 10.0 Å². The van der Waals surface area contributed by atoms with Crippen LogP contribution >= 0.6 is 0 Å². The Bertz CT molecular complexity index is 1210. The topological polar surface area (TPSA) is 102 Å². The quantitative estimate of drug-likeness (QED) is 0.282. The summed E-state index contributed by atoms with van der Waals surface area (Å²) in [5.41, 5.74) is 4.36. The molecule has 0 radical (unpaired) electrons. The molecule has 4 rings (SSSR count). The van der Waals surface area contributed by atoms with E-state index in [0.717, 1.165) is 24.1 Å². The number of halogens is 1. The summed E-state index contributed by atoms with van der Waals surface area (Å²) in [6.07, 6.45) is 1.91. The molecular formula is C27H37FN4O5S. The van der Waals surface area contributed by atoms with Crippen LogP contribution in [0.25, 0.3) is 0 Å². The van der Waals surface area contributed by atoms with E-state index in [1.807, 2.05) is 43.0 Å². The van der Waals surface area contributed by atoms with Crippen molar-refractivity contribution in [3.63, 3.8) is 0 Å². The van der Waals surface area contributed by atoms with Gasteiger partial charge in [0.15, 0.2) is 16.3 Å². The van der Waals surface area contributed by atoms with E-state index < -0.39 is 26.5 Å². The minimum atomic E-state index is -4.09. The number of sulfonamides is 1. The standard InChI is InChI=1S/C27H37FN4O5S/c1-3-4-19-37-25-10-9-23(20-24(25)28)31-15-17-32(18-16-31)38(35,36)27(26(33)29-34)11-13-30(14-12-27)22-7-5-21(2)6-8-22/h5-10,20,34H,3-4,11-19H2,1-2H3,(H,29,33). The number of ether oxygens (including phenoxy) is 1. The lowest BCUT2D eigenvalue weighted by atomic mass is 9.94.